The minimum atomic E-state index is 0. The lowest BCUT2D eigenvalue weighted by Crippen LogP contribution is -2.44. The molecule has 1 rings (SSSR count). The lowest BCUT2D eigenvalue weighted by molar-refractivity contribution is 0.393. The Kier molecular flexibility index (Phi) is 11.6. The summed E-state index contributed by atoms with van der Waals surface area (Å²) in [5, 5.41) is 6.95. The monoisotopic (exact) mass is 396 g/mol. The van der Waals surface area contributed by atoms with Gasteiger partial charge in [-0.25, -0.2) is 0 Å². The zero-order valence-electron chi connectivity index (χ0n) is 13.6. The Balaban J connectivity index is 0.00000361. The molecule has 2 unspecified atom stereocenters. The van der Waals surface area contributed by atoms with Crippen LogP contribution in [0.5, 0.6) is 0 Å². The second kappa shape index (κ2) is 11.6. The van der Waals surface area contributed by atoms with Gasteiger partial charge in [0.1, 0.15) is 0 Å². The van der Waals surface area contributed by atoms with E-state index in [1.807, 2.05) is 7.05 Å². The highest BCUT2D eigenvalue weighted by molar-refractivity contribution is 14.0. The van der Waals surface area contributed by atoms with Crippen LogP contribution in [0.15, 0.2) is 4.99 Å². The second-order valence-corrected chi connectivity index (χ2v) is 5.91. The summed E-state index contributed by atoms with van der Waals surface area (Å²) in [4.78, 5) is 6.72. The Morgan fingerprint density at radius 2 is 2.15 bits per heavy atom. The van der Waals surface area contributed by atoms with Crippen molar-refractivity contribution in [3.63, 3.8) is 0 Å². The molecule has 0 aromatic rings. The first-order valence-electron chi connectivity index (χ1n) is 7.81. The maximum atomic E-state index is 4.32. The van der Waals surface area contributed by atoms with Gasteiger partial charge in [0.2, 0.25) is 0 Å². The molecular weight excluding hydrogens is 363 g/mol. The molecule has 0 radical (unpaired) electrons. The van der Waals surface area contributed by atoms with Crippen molar-refractivity contribution in [2.24, 2.45) is 10.9 Å². The molecule has 1 fully saturated rings. The van der Waals surface area contributed by atoms with E-state index >= 15 is 0 Å². The summed E-state index contributed by atoms with van der Waals surface area (Å²) < 4.78 is 0. The van der Waals surface area contributed by atoms with Crippen molar-refractivity contribution in [2.45, 2.75) is 52.0 Å². The van der Waals surface area contributed by atoms with Gasteiger partial charge in [-0.3, -0.25) is 4.99 Å². The molecule has 4 nitrogen and oxygen atoms in total. The highest BCUT2D eigenvalue weighted by Gasteiger charge is 2.19. The van der Waals surface area contributed by atoms with Crippen molar-refractivity contribution in [1.29, 1.82) is 0 Å². The lowest BCUT2D eigenvalue weighted by Gasteiger charge is -2.19. The van der Waals surface area contributed by atoms with Gasteiger partial charge in [-0.2, -0.15) is 0 Å². The van der Waals surface area contributed by atoms with Crippen molar-refractivity contribution in [2.75, 3.05) is 33.7 Å². The fraction of sp³-hybridized carbons (Fsp3) is 0.933. The number of rotatable bonds is 7. The van der Waals surface area contributed by atoms with Gasteiger partial charge in [0.05, 0.1) is 0 Å². The van der Waals surface area contributed by atoms with Crippen molar-refractivity contribution in [3.05, 3.63) is 0 Å². The van der Waals surface area contributed by atoms with Gasteiger partial charge in [0, 0.05) is 26.2 Å². The third kappa shape index (κ3) is 8.29. The SMILES string of the molecule is CCCCCC(C)NC(=NC)NCC1CCN(C)C1.I. The Labute approximate surface area is 142 Å². The molecule has 0 aromatic carbocycles. The van der Waals surface area contributed by atoms with E-state index in [2.05, 4.69) is 41.4 Å². The molecule has 1 saturated heterocycles. The summed E-state index contributed by atoms with van der Waals surface area (Å²) in [6.07, 6.45) is 6.43. The zero-order valence-corrected chi connectivity index (χ0v) is 15.9. The van der Waals surface area contributed by atoms with Crippen LogP contribution in [-0.4, -0.2) is 50.6 Å². The van der Waals surface area contributed by atoms with Crippen LogP contribution in [-0.2, 0) is 0 Å². The first-order valence-corrected chi connectivity index (χ1v) is 7.81. The molecular formula is C15H33IN4. The number of hydrogen-bond acceptors (Lipinski definition) is 2. The molecule has 0 amide bonds. The molecule has 0 saturated carbocycles. The van der Waals surface area contributed by atoms with Crippen LogP contribution in [0.4, 0.5) is 0 Å². The third-order valence-corrected chi connectivity index (χ3v) is 3.89. The Morgan fingerprint density at radius 1 is 1.40 bits per heavy atom. The Hall–Kier alpha value is -0.0400. The van der Waals surface area contributed by atoms with E-state index in [0.717, 1.165) is 18.4 Å². The maximum Gasteiger partial charge on any atom is 0.191 e. The van der Waals surface area contributed by atoms with Gasteiger partial charge in [-0.15, -0.1) is 24.0 Å². The topological polar surface area (TPSA) is 39.7 Å². The molecule has 1 aliphatic heterocycles. The second-order valence-electron chi connectivity index (χ2n) is 5.91. The van der Waals surface area contributed by atoms with Crippen LogP contribution in [0.2, 0.25) is 0 Å². The lowest BCUT2D eigenvalue weighted by atomic mass is 10.1. The van der Waals surface area contributed by atoms with E-state index in [-0.39, 0.29) is 24.0 Å². The van der Waals surface area contributed by atoms with E-state index in [9.17, 15) is 0 Å². The van der Waals surface area contributed by atoms with E-state index < -0.39 is 0 Å². The smallest absolute Gasteiger partial charge is 0.191 e. The van der Waals surface area contributed by atoms with Gasteiger partial charge < -0.3 is 15.5 Å². The summed E-state index contributed by atoms with van der Waals surface area (Å²) in [7, 11) is 4.05. The standard InChI is InChI=1S/C15H32N4.HI/c1-5-6-7-8-13(2)18-15(16-3)17-11-14-9-10-19(4)12-14;/h13-14H,5-12H2,1-4H3,(H2,16,17,18);1H. The van der Waals surface area contributed by atoms with Crippen LogP contribution in [0.1, 0.15) is 46.0 Å². The first kappa shape index (κ1) is 20.0. The van der Waals surface area contributed by atoms with Crippen LogP contribution < -0.4 is 10.6 Å². The highest BCUT2D eigenvalue weighted by Crippen LogP contribution is 2.12. The van der Waals surface area contributed by atoms with Crippen molar-refractivity contribution >= 4 is 29.9 Å². The number of nitrogens with zero attached hydrogens (tertiary/aromatic N) is 2. The van der Waals surface area contributed by atoms with E-state index in [0.29, 0.717) is 6.04 Å². The normalized spacial score (nSPS) is 21.4. The van der Waals surface area contributed by atoms with Crippen molar-refractivity contribution < 1.29 is 0 Å². The quantitative estimate of drug-likeness (QED) is 0.301. The summed E-state index contributed by atoms with van der Waals surface area (Å²) in [6.45, 7) is 7.95. The van der Waals surface area contributed by atoms with E-state index in [4.69, 9.17) is 0 Å². The predicted octanol–water partition coefficient (Wildman–Crippen LogP) is 2.69. The molecule has 20 heavy (non-hydrogen) atoms. The molecule has 1 aliphatic rings. The fourth-order valence-electron chi connectivity index (χ4n) is 2.63. The molecule has 5 heteroatoms. The van der Waals surface area contributed by atoms with Crippen molar-refractivity contribution in [1.82, 2.24) is 15.5 Å². The van der Waals surface area contributed by atoms with E-state index in [1.54, 1.807) is 0 Å². The minimum absolute atomic E-state index is 0. The largest absolute Gasteiger partial charge is 0.356 e. The molecule has 0 aliphatic carbocycles. The highest BCUT2D eigenvalue weighted by atomic mass is 127. The van der Waals surface area contributed by atoms with E-state index in [1.165, 1.54) is 45.2 Å². The zero-order chi connectivity index (χ0) is 14.1. The molecule has 2 N–H and O–H groups in total. The van der Waals surface area contributed by atoms with Crippen LogP contribution in [0, 0.1) is 5.92 Å². The molecule has 0 bridgehead atoms. The summed E-state index contributed by atoms with van der Waals surface area (Å²) in [5.41, 5.74) is 0. The number of halogens is 1. The number of nitrogens with one attached hydrogen (secondary N) is 2. The average Bonchev–Trinajstić information content (AvgIpc) is 2.80. The maximum absolute atomic E-state index is 4.32. The van der Waals surface area contributed by atoms with Gasteiger partial charge in [0.15, 0.2) is 5.96 Å². The van der Waals surface area contributed by atoms with Crippen LogP contribution >= 0.6 is 24.0 Å². The fourth-order valence-corrected chi connectivity index (χ4v) is 2.63. The number of hydrogen-bond donors (Lipinski definition) is 2. The van der Waals surface area contributed by atoms with Gasteiger partial charge in [0.25, 0.3) is 0 Å². The Bertz CT molecular complexity index is 271. The Morgan fingerprint density at radius 3 is 2.70 bits per heavy atom. The number of aliphatic imine (C=N–C) groups is 1. The number of likely N-dealkylation sites (tertiary alicyclic amines) is 1. The number of guanidine groups is 1. The molecule has 2 atom stereocenters. The van der Waals surface area contributed by atoms with Crippen molar-refractivity contribution in [3.8, 4) is 0 Å². The summed E-state index contributed by atoms with van der Waals surface area (Å²) in [6, 6.07) is 0.504. The molecule has 1 heterocycles. The van der Waals surface area contributed by atoms with Crippen LogP contribution in [0.25, 0.3) is 0 Å². The third-order valence-electron chi connectivity index (χ3n) is 3.89. The molecule has 120 valence electrons. The summed E-state index contributed by atoms with van der Waals surface area (Å²) >= 11 is 0. The minimum Gasteiger partial charge on any atom is -0.356 e. The predicted molar refractivity (Wildman–Crippen MR) is 99.1 cm³/mol. The van der Waals surface area contributed by atoms with Gasteiger partial charge in [-0.05, 0) is 39.3 Å². The van der Waals surface area contributed by atoms with Gasteiger partial charge in [-0.1, -0.05) is 26.2 Å². The van der Waals surface area contributed by atoms with Gasteiger partial charge >= 0.3 is 0 Å². The first-order chi connectivity index (χ1) is 9.15. The molecule has 0 aromatic heterocycles. The molecule has 0 spiro atoms. The average molecular weight is 396 g/mol. The van der Waals surface area contributed by atoms with Crippen LogP contribution in [0.3, 0.4) is 0 Å². The number of unbranched alkanes of at least 4 members (excludes halogenated alkanes) is 2. The summed E-state index contributed by atoms with van der Waals surface area (Å²) in [5.74, 6) is 1.72.